The van der Waals surface area contributed by atoms with E-state index in [0.29, 0.717) is 11.7 Å². The second-order valence-corrected chi connectivity index (χ2v) is 11.0. The Morgan fingerprint density at radius 1 is 1.12 bits per heavy atom. The van der Waals surface area contributed by atoms with Gasteiger partial charge >= 0.3 is 0 Å². The van der Waals surface area contributed by atoms with E-state index in [1.807, 2.05) is 23.9 Å². The summed E-state index contributed by atoms with van der Waals surface area (Å²) in [6.07, 6.45) is 0. The van der Waals surface area contributed by atoms with E-state index in [4.69, 9.17) is 0 Å². The summed E-state index contributed by atoms with van der Waals surface area (Å²) in [6.45, 7) is 9.24. The number of rotatable bonds is 10. The van der Waals surface area contributed by atoms with Crippen LogP contribution < -0.4 is 5.32 Å². The van der Waals surface area contributed by atoms with Crippen molar-refractivity contribution in [3.05, 3.63) is 68.5 Å². The van der Waals surface area contributed by atoms with Crippen molar-refractivity contribution in [2.45, 2.75) is 56.8 Å². The SMILES string of the molecule is CCn1c(CSCc2ccc(C)cc2)nnc1SCC(=O)Nc1ccc(I)cc1C(C)C. The van der Waals surface area contributed by atoms with Crippen LogP contribution in [-0.2, 0) is 22.8 Å². The highest BCUT2D eigenvalue weighted by atomic mass is 127. The topological polar surface area (TPSA) is 59.8 Å². The smallest absolute Gasteiger partial charge is 0.234 e. The first-order valence-electron chi connectivity index (χ1n) is 10.6. The summed E-state index contributed by atoms with van der Waals surface area (Å²) in [5, 5.41) is 12.6. The van der Waals surface area contributed by atoms with Crippen LogP contribution in [-0.4, -0.2) is 26.4 Å². The minimum Gasteiger partial charge on any atom is -0.325 e. The first-order chi connectivity index (χ1) is 15.4. The van der Waals surface area contributed by atoms with Crippen LogP contribution in [0.25, 0.3) is 0 Å². The Kier molecular flexibility index (Phi) is 9.48. The van der Waals surface area contributed by atoms with Crippen LogP contribution >= 0.6 is 46.1 Å². The molecule has 0 radical (unpaired) electrons. The molecule has 3 aromatic rings. The Morgan fingerprint density at radius 2 is 1.88 bits per heavy atom. The van der Waals surface area contributed by atoms with Gasteiger partial charge in [0.2, 0.25) is 5.91 Å². The number of benzene rings is 2. The summed E-state index contributed by atoms with van der Waals surface area (Å²) < 4.78 is 3.27. The van der Waals surface area contributed by atoms with Crippen molar-refractivity contribution >= 4 is 57.7 Å². The molecule has 5 nitrogen and oxygen atoms in total. The lowest BCUT2D eigenvalue weighted by Gasteiger charge is -2.14. The fraction of sp³-hybridized carbons (Fsp3) is 0.375. The molecule has 2 aromatic carbocycles. The first-order valence-corrected chi connectivity index (χ1v) is 13.9. The summed E-state index contributed by atoms with van der Waals surface area (Å²) in [6, 6.07) is 14.8. The zero-order valence-corrected chi connectivity index (χ0v) is 22.7. The van der Waals surface area contributed by atoms with Gasteiger partial charge in [-0.2, -0.15) is 0 Å². The average Bonchev–Trinajstić information content (AvgIpc) is 3.16. The number of carbonyl (C=O) groups is 1. The zero-order valence-electron chi connectivity index (χ0n) is 18.9. The van der Waals surface area contributed by atoms with Gasteiger partial charge in [-0.15, -0.1) is 22.0 Å². The molecular weight excluding hydrogens is 551 g/mol. The van der Waals surface area contributed by atoms with Gasteiger partial charge in [0.25, 0.3) is 0 Å². The van der Waals surface area contributed by atoms with Crippen molar-refractivity contribution in [1.82, 2.24) is 14.8 Å². The third-order valence-corrected chi connectivity index (χ3v) is 7.61. The number of aryl methyl sites for hydroxylation is 1. The third-order valence-electron chi connectivity index (χ3n) is 4.97. The Balaban J connectivity index is 1.55. The zero-order chi connectivity index (χ0) is 23.1. The predicted octanol–water partition coefficient (Wildman–Crippen LogP) is 6.50. The van der Waals surface area contributed by atoms with Gasteiger partial charge in [-0.05, 0) is 71.7 Å². The van der Waals surface area contributed by atoms with Crippen LogP contribution in [0.2, 0.25) is 0 Å². The Labute approximate surface area is 212 Å². The van der Waals surface area contributed by atoms with E-state index in [2.05, 4.69) is 101 Å². The Morgan fingerprint density at radius 3 is 2.56 bits per heavy atom. The summed E-state index contributed by atoms with van der Waals surface area (Å²) in [4.78, 5) is 12.6. The number of carbonyl (C=O) groups excluding carboxylic acids is 1. The molecule has 1 amide bonds. The Hall–Kier alpha value is -1.52. The van der Waals surface area contributed by atoms with Gasteiger partial charge in [-0.3, -0.25) is 4.79 Å². The molecule has 3 rings (SSSR count). The van der Waals surface area contributed by atoms with Crippen molar-refractivity contribution in [3.8, 4) is 0 Å². The van der Waals surface area contributed by atoms with Gasteiger partial charge in [0.05, 0.1) is 11.5 Å². The molecule has 0 fully saturated rings. The van der Waals surface area contributed by atoms with E-state index < -0.39 is 0 Å². The molecule has 0 aliphatic rings. The lowest BCUT2D eigenvalue weighted by molar-refractivity contribution is -0.113. The highest BCUT2D eigenvalue weighted by Crippen LogP contribution is 2.27. The largest absolute Gasteiger partial charge is 0.325 e. The molecular formula is C24H29IN4OS2. The van der Waals surface area contributed by atoms with Crippen molar-refractivity contribution < 1.29 is 4.79 Å². The van der Waals surface area contributed by atoms with Gasteiger partial charge in [0, 0.05) is 21.6 Å². The third kappa shape index (κ3) is 6.99. The number of hydrogen-bond donors (Lipinski definition) is 1. The molecule has 0 spiro atoms. The molecule has 0 bridgehead atoms. The molecule has 0 unspecified atom stereocenters. The number of amides is 1. The maximum atomic E-state index is 12.6. The van der Waals surface area contributed by atoms with E-state index in [1.165, 1.54) is 26.5 Å². The normalized spacial score (nSPS) is 11.2. The second kappa shape index (κ2) is 12.1. The number of halogens is 1. The standard InChI is InChI=1S/C24H29IN4OS2/c1-5-29-22(14-31-13-18-8-6-17(4)7-9-18)27-28-24(29)32-15-23(30)26-21-11-10-19(25)12-20(21)16(2)3/h6-12,16H,5,13-15H2,1-4H3,(H,26,30). The molecule has 0 aliphatic heterocycles. The predicted molar refractivity (Wildman–Crippen MR) is 144 cm³/mol. The van der Waals surface area contributed by atoms with Gasteiger partial charge in [-0.25, -0.2) is 0 Å². The van der Waals surface area contributed by atoms with Crippen molar-refractivity contribution in [3.63, 3.8) is 0 Å². The molecule has 0 saturated carbocycles. The quantitative estimate of drug-likeness (QED) is 0.219. The molecule has 8 heteroatoms. The van der Waals surface area contributed by atoms with Crippen LogP contribution in [0, 0.1) is 10.5 Å². The highest BCUT2D eigenvalue weighted by Gasteiger charge is 2.15. The molecule has 1 N–H and O–H groups in total. The van der Waals surface area contributed by atoms with Crippen LogP contribution in [0.5, 0.6) is 0 Å². The van der Waals surface area contributed by atoms with E-state index in [1.54, 1.807) is 0 Å². The van der Waals surface area contributed by atoms with E-state index in [9.17, 15) is 4.79 Å². The van der Waals surface area contributed by atoms with E-state index >= 15 is 0 Å². The van der Waals surface area contributed by atoms with Crippen LogP contribution in [0.1, 0.15) is 49.2 Å². The molecule has 0 saturated heterocycles. The van der Waals surface area contributed by atoms with Gasteiger partial charge < -0.3 is 9.88 Å². The maximum Gasteiger partial charge on any atom is 0.234 e. The van der Waals surface area contributed by atoms with Crippen molar-refractivity contribution in [1.29, 1.82) is 0 Å². The van der Waals surface area contributed by atoms with Gasteiger partial charge in [0.15, 0.2) is 5.16 Å². The highest BCUT2D eigenvalue weighted by molar-refractivity contribution is 14.1. The van der Waals surface area contributed by atoms with E-state index in [-0.39, 0.29) is 5.91 Å². The summed E-state index contributed by atoms with van der Waals surface area (Å²) in [5.41, 5.74) is 4.62. The fourth-order valence-electron chi connectivity index (χ4n) is 3.24. The number of nitrogens with zero attached hydrogens (tertiary/aromatic N) is 3. The molecule has 0 aliphatic carbocycles. The Bertz CT molecular complexity index is 1050. The number of nitrogens with one attached hydrogen (secondary N) is 1. The van der Waals surface area contributed by atoms with Crippen LogP contribution in [0.4, 0.5) is 5.69 Å². The number of aromatic nitrogens is 3. The molecule has 0 atom stereocenters. The monoisotopic (exact) mass is 580 g/mol. The molecule has 170 valence electrons. The van der Waals surface area contributed by atoms with Gasteiger partial charge in [0.1, 0.15) is 5.82 Å². The minimum absolute atomic E-state index is 0.0287. The lowest BCUT2D eigenvalue weighted by atomic mass is 10.0. The number of thioether (sulfide) groups is 2. The molecule has 1 heterocycles. The van der Waals surface area contributed by atoms with Crippen molar-refractivity contribution in [2.75, 3.05) is 11.1 Å². The van der Waals surface area contributed by atoms with Gasteiger partial charge in [-0.1, -0.05) is 55.4 Å². The van der Waals surface area contributed by atoms with Crippen LogP contribution in [0.3, 0.4) is 0 Å². The average molecular weight is 581 g/mol. The molecule has 1 aromatic heterocycles. The lowest BCUT2D eigenvalue weighted by Crippen LogP contribution is -2.16. The molecule has 32 heavy (non-hydrogen) atoms. The number of hydrogen-bond acceptors (Lipinski definition) is 5. The summed E-state index contributed by atoms with van der Waals surface area (Å²) in [5.74, 6) is 3.30. The first kappa shape index (κ1) is 25.1. The van der Waals surface area contributed by atoms with E-state index in [0.717, 1.165) is 40.3 Å². The summed E-state index contributed by atoms with van der Waals surface area (Å²) in [7, 11) is 0. The fourth-order valence-corrected chi connectivity index (χ4v) is 5.50. The maximum absolute atomic E-state index is 12.6. The summed E-state index contributed by atoms with van der Waals surface area (Å²) >= 11 is 5.56. The van der Waals surface area contributed by atoms with Crippen LogP contribution in [0.15, 0.2) is 47.6 Å². The number of anilines is 1. The van der Waals surface area contributed by atoms with Crippen molar-refractivity contribution in [2.24, 2.45) is 0 Å². The second-order valence-electron chi connectivity index (χ2n) is 7.84. The minimum atomic E-state index is -0.0287.